The lowest BCUT2D eigenvalue weighted by Crippen LogP contribution is -2.44. The van der Waals surface area contributed by atoms with Gasteiger partial charge in [-0.2, -0.15) is 0 Å². The monoisotopic (exact) mass is 284 g/mol. The maximum Gasteiger partial charge on any atom is 0.322 e. The predicted molar refractivity (Wildman–Crippen MR) is 75.7 cm³/mol. The summed E-state index contributed by atoms with van der Waals surface area (Å²) in [4.78, 5) is 12.3. The molecule has 2 N–H and O–H groups in total. The van der Waals surface area contributed by atoms with Gasteiger partial charge in [-0.15, -0.1) is 5.10 Å². The zero-order valence-corrected chi connectivity index (χ0v) is 11.5. The average Bonchev–Trinajstić information content (AvgIpc) is 3.27. The molecule has 1 aromatic carbocycles. The SMILES string of the molecule is O=C(Nc1nnc(C2CC2)o1)[C@@H]1Cc2ccccc2CN1. The number of amides is 1. The molecule has 0 spiro atoms. The Kier molecular flexibility index (Phi) is 2.96. The molecule has 1 aromatic heterocycles. The number of carbonyl (C=O) groups is 1. The van der Waals surface area contributed by atoms with E-state index in [1.54, 1.807) is 0 Å². The largest absolute Gasteiger partial charge is 0.408 e. The Labute approximate surface area is 121 Å². The van der Waals surface area contributed by atoms with E-state index < -0.39 is 0 Å². The lowest BCUT2D eigenvalue weighted by molar-refractivity contribution is -0.118. The van der Waals surface area contributed by atoms with Crippen molar-refractivity contribution in [3.8, 4) is 0 Å². The normalized spacial score (nSPS) is 20.9. The highest BCUT2D eigenvalue weighted by Crippen LogP contribution is 2.39. The Balaban J connectivity index is 1.43. The van der Waals surface area contributed by atoms with Gasteiger partial charge < -0.3 is 9.73 Å². The number of nitrogens with one attached hydrogen (secondary N) is 2. The summed E-state index contributed by atoms with van der Waals surface area (Å²) < 4.78 is 5.46. The van der Waals surface area contributed by atoms with Crippen molar-refractivity contribution in [1.82, 2.24) is 15.5 Å². The zero-order chi connectivity index (χ0) is 14.2. The molecule has 21 heavy (non-hydrogen) atoms. The van der Waals surface area contributed by atoms with Gasteiger partial charge in [0, 0.05) is 12.5 Å². The van der Waals surface area contributed by atoms with Gasteiger partial charge in [-0.3, -0.25) is 10.1 Å². The number of hydrogen-bond donors (Lipinski definition) is 2. The second-order valence-electron chi connectivity index (χ2n) is 5.62. The van der Waals surface area contributed by atoms with Gasteiger partial charge in [0.2, 0.25) is 11.8 Å². The Morgan fingerprint density at radius 3 is 2.86 bits per heavy atom. The molecule has 6 heteroatoms. The fourth-order valence-corrected chi connectivity index (χ4v) is 2.61. The van der Waals surface area contributed by atoms with E-state index in [0.29, 0.717) is 24.8 Å². The van der Waals surface area contributed by atoms with E-state index >= 15 is 0 Å². The maximum absolute atomic E-state index is 12.3. The molecule has 1 aliphatic carbocycles. The highest BCUT2D eigenvalue weighted by Gasteiger charge is 2.30. The van der Waals surface area contributed by atoms with Crippen molar-refractivity contribution in [2.45, 2.75) is 37.8 Å². The first-order valence-corrected chi connectivity index (χ1v) is 7.24. The van der Waals surface area contributed by atoms with Crippen molar-refractivity contribution in [1.29, 1.82) is 0 Å². The van der Waals surface area contributed by atoms with Gasteiger partial charge in [-0.25, -0.2) is 0 Å². The number of nitrogens with zero attached hydrogens (tertiary/aromatic N) is 2. The third kappa shape index (κ3) is 2.54. The summed E-state index contributed by atoms with van der Waals surface area (Å²) >= 11 is 0. The van der Waals surface area contributed by atoms with Gasteiger partial charge in [0.05, 0.1) is 6.04 Å². The highest BCUT2D eigenvalue weighted by molar-refractivity contribution is 5.93. The summed E-state index contributed by atoms with van der Waals surface area (Å²) in [7, 11) is 0. The molecule has 2 aliphatic rings. The molecule has 1 amide bonds. The summed E-state index contributed by atoms with van der Waals surface area (Å²) in [6.07, 6.45) is 2.86. The summed E-state index contributed by atoms with van der Waals surface area (Å²) in [5, 5.41) is 13.8. The van der Waals surface area contributed by atoms with Crippen LogP contribution in [-0.2, 0) is 17.8 Å². The Hall–Kier alpha value is -2.21. The molecule has 4 rings (SSSR count). The molecule has 1 saturated carbocycles. The van der Waals surface area contributed by atoms with Gasteiger partial charge in [-0.1, -0.05) is 29.4 Å². The van der Waals surface area contributed by atoms with E-state index in [4.69, 9.17) is 4.42 Å². The van der Waals surface area contributed by atoms with Crippen LogP contribution in [0.1, 0.15) is 35.8 Å². The smallest absolute Gasteiger partial charge is 0.322 e. The molecule has 2 aromatic rings. The fourth-order valence-electron chi connectivity index (χ4n) is 2.61. The first-order chi connectivity index (χ1) is 10.3. The van der Waals surface area contributed by atoms with Crippen LogP contribution in [0, 0.1) is 0 Å². The molecule has 0 saturated heterocycles. The molecule has 108 valence electrons. The van der Waals surface area contributed by atoms with Crippen LogP contribution in [0.25, 0.3) is 0 Å². The van der Waals surface area contributed by atoms with Gasteiger partial charge in [0.15, 0.2) is 0 Å². The van der Waals surface area contributed by atoms with Crippen molar-refractivity contribution in [2.75, 3.05) is 5.32 Å². The van der Waals surface area contributed by atoms with Gasteiger partial charge in [0.1, 0.15) is 0 Å². The van der Waals surface area contributed by atoms with Crippen molar-refractivity contribution in [3.05, 3.63) is 41.3 Å². The number of aromatic nitrogens is 2. The lowest BCUT2D eigenvalue weighted by atomic mass is 9.95. The first kappa shape index (κ1) is 12.5. The van der Waals surface area contributed by atoms with E-state index in [1.165, 1.54) is 11.1 Å². The standard InChI is InChI=1S/C15H16N4O2/c20-13(17-15-19-18-14(21-15)9-5-6-9)12-7-10-3-1-2-4-11(10)8-16-12/h1-4,9,12,16H,5-8H2,(H,17,19,20)/t12-/m0/s1. The Morgan fingerprint density at radius 2 is 2.05 bits per heavy atom. The van der Waals surface area contributed by atoms with Crippen molar-refractivity contribution in [2.24, 2.45) is 0 Å². The summed E-state index contributed by atoms with van der Waals surface area (Å²) in [5.74, 6) is 0.894. The number of hydrogen-bond acceptors (Lipinski definition) is 5. The molecule has 1 aliphatic heterocycles. The zero-order valence-electron chi connectivity index (χ0n) is 11.5. The van der Waals surface area contributed by atoms with Gasteiger partial charge in [0.25, 0.3) is 0 Å². The number of rotatable bonds is 3. The molecular weight excluding hydrogens is 268 g/mol. The van der Waals surface area contributed by atoms with Crippen LogP contribution in [0.2, 0.25) is 0 Å². The van der Waals surface area contributed by atoms with Crippen LogP contribution >= 0.6 is 0 Å². The van der Waals surface area contributed by atoms with E-state index in [9.17, 15) is 4.79 Å². The van der Waals surface area contributed by atoms with Crippen LogP contribution in [0.15, 0.2) is 28.7 Å². The van der Waals surface area contributed by atoms with Crippen LogP contribution in [-0.4, -0.2) is 22.1 Å². The quantitative estimate of drug-likeness (QED) is 0.895. The molecule has 0 bridgehead atoms. The van der Waals surface area contributed by atoms with Crippen LogP contribution in [0.4, 0.5) is 6.01 Å². The number of benzene rings is 1. The molecule has 0 unspecified atom stereocenters. The number of carbonyl (C=O) groups excluding carboxylic acids is 1. The second-order valence-corrected chi connectivity index (χ2v) is 5.62. The van der Waals surface area contributed by atoms with Crippen LogP contribution in [0.3, 0.4) is 0 Å². The van der Waals surface area contributed by atoms with Gasteiger partial charge >= 0.3 is 6.01 Å². The minimum Gasteiger partial charge on any atom is -0.408 e. The number of fused-ring (bicyclic) bond motifs is 1. The Morgan fingerprint density at radius 1 is 1.24 bits per heavy atom. The van der Waals surface area contributed by atoms with Crippen molar-refractivity contribution < 1.29 is 9.21 Å². The van der Waals surface area contributed by atoms with Gasteiger partial charge in [-0.05, 0) is 30.4 Å². The first-order valence-electron chi connectivity index (χ1n) is 7.24. The van der Waals surface area contributed by atoms with Crippen molar-refractivity contribution in [3.63, 3.8) is 0 Å². The molecule has 1 fully saturated rings. The predicted octanol–water partition coefficient (Wildman–Crippen LogP) is 1.60. The van der Waals surface area contributed by atoms with E-state index in [1.807, 2.05) is 12.1 Å². The average molecular weight is 284 g/mol. The van der Waals surface area contributed by atoms with Crippen LogP contribution < -0.4 is 10.6 Å². The maximum atomic E-state index is 12.3. The topological polar surface area (TPSA) is 80.1 Å². The number of anilines is 1. The second kappa shape index (κ2) is 4.96. The van der Waals surface area contributed by atoms with Crippen LogP contribution in [0.5, 0.6) is 0 Å². The third-order valence-electron chi connectivity index (χ3n) is 4.00. The van der Waals surface area contributed by atoms with E-state index in [0.717, 1.165) is 12.8 Å². The minimum absolute atomic E-state index is 0.129. The van der Waals surface area contributed by atoms with E-state index in [2.05, 4.69) is 33.0 Å². The Bertz CT molecular complexity index is 678. The summed E-state index contributed by atoms with van der Waals surface area (Å²) in [5.41, 5.74) is 2.45. The van der Waals surface area contributed by atoms with Crippen molar-refractivity contribution >= 4 is 11.9 Å². The third-order valence-corrected chi connectivity index (χ3v) is 4.00. The van der Waals surface area contributed by atoms with E-state index in [-0.39, 0.29) is 18.0 Å². The molecule has 6 nitrogen and oxygen atoms in total. The fraction of sp³-hybridized carbons (Fsp3) is 0.400. The molecule has 0 radical (unpaired) electrons. The summed E-state index contributed by atoms with van der Waals surface area (Å²) in [6.45, 7) is 0.700. The highest BCUT2D eigenvalue weighted by atomic mass is 16.4. The lowest BCUT2D eigenvalue weighted by Gasteiger charge is -2.24. The minimum atomic E-state index is -0.267. The molecule has 1 atom stereocenters. The molecule has 2 heterocycles. The summed E-state index contributed by atoms with van der Waals surface area (Å²) in [6, 6.07) is 8.08. The molecular formula is C15H16N4O2.